The van der Waals surface area contributed by atoms with E-state index >= 15 is 0 Å². The van der Waals surface area contributed by atoms with E-state index in [2.05, 4.69) is 31.4 Å². The van der Waals surface area contributed by atoms with E-state index in [0.717, 1.165) is 25.1 Å². The Morgan fingerprint density at radius 1 is 1.30 bits per heavy atom. The van der Waals surface area contributed by atoms with E-state index in [9.17, 15) is 8.78 Å². The van der Waals surface area contributed by atoms with Crippen molar-refractivity contribution in [1.82, 2.24) is 15.5 Å². The fourth-order valence-electron chi connectivity index (χ4n) is 1.71. The highest BCUT2D eigenvalue weighted by Gasteiger charge is 2.20. The van der Waals surface area contributed by atoms with Crippen LogP contribution in [0, 0.1) is 11.6 Å². The molecule has 7 heteroatoms. The van der Waals surface area contributed by atoms with Crippen molar-refractivity contribution in [3.63, 3.8) is 0 Å². The maximum Gasteiger partial charge on any atom is 0.253 e. The number of aromatic nitrogens is 2. The fourth-order valence-corrected chi connectivity index (χ4v) is 2.11. The normalized spacial score (nSPS) is 12.7. The number of benzene rings is 1. The molecule has 0 saturated carbocycles. The van der Waals surface area contributed by atoms with Gasteiger partial charge in [0.05, 0.1) is 6.04 Å². The van der Waals surface area contributed by atoms with Crippen molar-refractivity contribution >= 4 is 15.9 Å². The van der Waals surface area contributed by atoms with E-state index in [1.165, 1.54) is 0 Å². The van der Waals surface area contributed by atoms with Crippen LogP contribution in [-0.4, -0.2) is 16.7 Å². The van der Waals surface area contributed by atoms with Crippen molar-refractivity contribution in [1.29, 1.82) is 0 Å². The molecule has 1 atom stereocenters. The minimum atomic E-state index is -0.749. The Bertz CT molecular complexity index is 580. The standard InChI is InChI=1S/C13H14BrF2N3O/c1-3-4-17-7(2)12-18-19-13(20-12)11-9(15)5-8(14)6-10(11)16/h5-7,17H,3-4H2,1-2H3. The van der Waals surface area contributed by atoms with E-state index in [1.807, 2.05) is 13.8 Å². The molecule has 1 aromatic heterocycles. The Hall–Kier alpha value is -1.34. The van der Waals surface area contributed by atoms with E-state index in [1.54, 1.807) is 0 Å². The Morgan fingerprint density at radius 2 is 1.95 bits per heavy atom. The van der Waals surface area contributed by atoms with Crippen molar-refractivity contribution in [2.75, 3.05) is 6.54 Å². The number of halogens is 3. The third-order valence-corrected chi connectivity index (χ3v) is 3.19. The summed E-state index contributed by atoms with van der Waals surface area (Å²) in [7, 11) is 0. The maximum absolute atomic E-state index is 13.8. The Labute approximate surface area is 123 Å². The molecule has 108 valence electrons. The molecule has 20 heavy (non-hydrogen) atoms. The molecule has 0 amide bonds. The van der Waals surface area contributed by atoms with Crippen molar-refractivity contribution < 1.29 is 13.2 Å². The van der Waals surface area contributed by atoms with Gasteiger partial charge in [-0.15, -0.1) is 10.2 Å². The summed E-state index contributed by atoms with van der Waals surface area (Å²) in [5, 5.41) is 10.7. The number of hydrogen-bond donors (Lipinski definition) is 1. The zero-order chi connectivity index (χ0) is 14.7. The van der Waals surface area contributed by atoms with Crippen LogP contribution in [0.2, 0.25) is 0 Å². The van der Waals surface area contributed by atoms with Crippen molar-refractivity contribution in [2.24, 2.45) is 0 Å². The summed E-state index contributed by atoms with van der Waals surface area (Å²) in [6, 6.07) is 2.14. The lowest BCUT2D eigenvalue weighted by Crippen LogP contribution is -2.19. The molecule has 2 aromatic rings. The molecule has 0 saturated heterocycles. The second-order valence-electron chi connectivity index (χ2n) is 4.37. The summed E-state index contributed by atoms with van der Waals surface area (Å²) < 4.78 is 33.3. The summed E-state index contributed by atoms with van der Waals surface area (Å²) >= 11 is 3.02. The van der Waals surface area contributed by atoms with Gasteiger partial charge >= 0.3 is 0 Å². The molecule has 1 heterocycles. The van der Waals surface area contributed by atoms with Crippen molar-refractivity contribution in [2.45, 2.75) is 26.3 Å². The van der Waals surface area contributed by atoms with Gasteiger partial charge in [0, 0.05) is 4.47 Å². The highest BCUT2D eigenvalue weighted by atomic mass is 79.9. The third-order valence-electron chi connectivity index (χ3n) is 2.73. The quantitative estimate of drug-likeness (QED) is 0.894. The maximum atomic E-state index is 13.8. The monoisotopic (exact) mass is 345 g/mol. The van der Waals surface area contributed by atoms with E-state index in [4.69, 9.17) is 4.42 Å². The lowest BCUT2D eigenvalue weighted by molar-refractivity contribution is 0.420. The molecular weight excluding hydrogens is 332 g/mol. The van der Waals surface area contributed by atoms with Gasteiger partial charge in [-0.05, 0) is 32.0 Å². The third kappa shape index (κ3) is 3.21. The molecular formula is C13H14BrF2N3O. The van der Waals surface area contributed by atoms with Crippen LogP contribution >= 0.6 is 15.9 Å². The topological polar surface area (TPSA) is 51.0 Å². The SMILES string of the molecule is CCCNC(C)c1nnc(-c2c(F)cc(Br)cc2F)o1. The Balaban J connectivity index is 2.29. The molecule has 2 rings (SSSR count). The average molecular weight is 346 g/mol. The number of rotatable bonds is 5. The van der Waals surface area contributed by atoms with E-state index in [0.29, 0.717) is 10.4 Å². The summed E-state index contributed by atoms with van der Waals surface area (Å²) in [6.45, 7) is 4.67. The van der Waals surface area contributed by atoms with Gasteiger partial charge in [0.2, 0.25) is 5.89 Å². The molecule has 0 radical (unpaired) electrons. The highest BCUT2D eigenvalue weighted by Crippen LogP contribution is 2.28. The average Bonchev–Trinajstić information content (AvgIpc) is 2.84. The Morgan fingerprint density at radius 3 is 2.55 bits per heavy atom. The molecule has 0 fully saturated rings. The van der Waals surface area contributed by atoms with Crippen LogP contribution in [0.25, 0.3) is 11.5 Å². The zero-order valence-electron chi connectivity index (χ0n) is 11.1. The number of nitrogens with zero attached hydrogens (tertiary/aromatic N) is 2. The van der Waals surface area contributed by atoms with Gasteiger partial charge < -0.3 is 9.73 Å². The molecule has 0 aliphatic heterocycles. The van der Waals surface area contributed by atoms with Gasteiger partial charge in [-0.1, -0.05) is 22.9 Å². The molecule has 4 nitrogen and oxygen atoms in total. The molecule has 1 aromatic carbocycles. The predicted molar refractivity (Wildman–Crippen MR) is 74.1 cm³/mol. The fraction of sp³-hybridized carbons (Fsp3) is 0.385. The first-order valence-electron chi connectivity index (χ1n) is 6.24. The van der Waals surface area contributed by atoms with Gasteiger partial charge in [0.15, 0.2) is 0 Å². The van der Waals surface area contributed by atoms with Crippen LogP contribution in [0.4, 0.5) is 8.78 Å². The van der Waals surface area contributed by atoms with Crippen LogP contribution in [0.5, 0.6) is 0 Å². The summed E-state index contributed by atoms with van der Waals surface area (Å²) in [6.07, 6.45) is 0.960. The first kappa shape index (κ1) is 15.1. The van der Waals surface area contributed by atoms with Crippen LogP contribution in [0.3, 0.4) is 0 Å². The minimum Gasteiger partial charge on any atom is -0.419 e. The second kappa shape index (κ2) is 6.41. The van der Waals surface area contributed by atoms with Gasteiger partial charge in [-0.3, -0.25) is 0 Å². The number of nitrogens with one attached hydrogen (secondary N) is 1. The molecule has 1 N–H and O–H groups in total. The van der Waals surface area contributed by atoms with Crippen molar-refractivity contribution in [3.8, 4) is 11.5 Å². The highest BCUT2D eigenvalue weighted by molar-refractivity contribution is 9.10. The largest absolute Gasteiger partial charge is 0.419 e. The molecule has 0 bridgehead atoms. The molecule has 0 aliphatic rings. The van der Waals surface area contributed by atoms with Crippen LogP contribution in [0.1, 0.15) is 32.2 Å². The second-order valence-corrected chi connectivity index (χ2v) is 5.28. The lowest BCUT2D eigenvalue weighted by atomic mass is 10.2. The van der Waals surface area contributed by atoms with Gasteiger partial charge in [0.1, 0.15) is 17.2 Å². The number of hydrogen-bond acceptors (Lipinski definition) is 4. The summed E-state index contributed by atoms with van der Waals surface area (Å²) in [4.78, 5) is 0. The van der Waals surface area contributed by atoms with Gasteiger partial charge in [-0.25, -0.2) is 8.78 Å². The van der Waals surface area contributed by atoms with Gasteiger partial charge in [-0.2, -0.15) is 0 Å². The lowest BCUT2D eigenvalue weighted by Gasteiger charge is -2.07. The van der Waals surface area contributed by atoms with E-state index in [-0.39, 0.29) is 17.5 Å². The molecule has 0 spiro atoms. The van der Waals surface area contributed by atoms with Gasteiger partial charge in [0.25, 0.3) is 5.89 Å². The van der Waals surface area contributed by atoms with Crippen LogP contribution < -0.4 is 5.32 Å². The smallest absolute Gasteiger partial charge is 0.253 e. The van der Waals surface area contributed by atoms with Crippen molar-refractivity contribution in [3.05, 3.63) is 34.1 Å². The minimum absolute atomic E-state index is 0.160. The molecule has 0 aliphatic carbocycles. The summed E-state index contributed by atoms with van der Waals surface area (Å²) in [5.41, 5.74) is -0.311. The zero-order valence-corrected chi connectivity index (χ0v) is 12.7. The summed E-state index contributed by atoms with van der Waals surface area (Å²) in [5.74, 6) is -1.36. The van der Waals surface area contributed by atoms with Crippen LogP contribution in [-0.2, 0) is 0 Å². The van der Waals surface area contributed by atoms with E-state index < -0.39 is 11.6 Å². The predicted octanol–water partition coefficient (Wildman–Crippen LogP) is 3.84. The first-order valence-corrected chi connectivity index (χ1v) is 7.04. The van der Waals surface area contributed by atoms with Crippen LogP contribution in [0.15, 0.2) is 21.0 Å². The Kier molecular flexibility index (Phi) is 4.82. The first-order chi connectivity index (χ1) is 9.52. The molecule has 1 unspecified atom stereocenters.